The minimum atomic E-state index is -3.02. The molecule has 1 N–H and O–H groups in total. The smallest absolute Gasteiger partial charge is 0.260 e. The summed E-state index contributed by atoms with van der Waals surface area (Å²) < 4.78 is 30.4. The normalized spacial score (nSPS) is 22.6. The molecule has 24 heavy (non-hydrogen) atoms. The lowest BCUT2D eigenvalue weighted by molar-refractivity contribution is 0.102. The number of carbonyl (C=O) groups is 1. The van der Waals surface area contributed by atoms with Gasteiger partial charge in [-0.3, -0.25) is 4.79 Å². The van der Waals surface area contributed by atoms with Gasteiger partial charge in [-0.15, -0.1) is 0 Å². The van der Waals surface area contributed by atoms with Crippen LogP contribution in [0.4, 0.5) is 5.82 Å². The Bertz CT molecular complexity index is 892. The van der Waals surface area contributed by atoms with E-state index >= 15 is 0 Å². The number of furan rings is 1. The molecule has 8 heteroatoms. The van der Waals surface area contributed by atoms with Crippen molar-refractivity contribution in [2.45, 2.75) is 38.1 Å². The highest BCUT2D eigenvalue weighted by Crippen LogP contribution is 2.41. The third-order valence-corrected chi connectivity index (χ3v) is 6.40. The first-order chi connectivity index (χ1) is 11.4. The van der Waals surface area contributed by atoms with Crippen LogP contribution in [0.2, 0.25) is 0 Å². The lowest BCUT2D eigenvalue weighted by Crippen LogP contribution is -2.19. The van der Waals surface area contributed by atoms with Gasteiger partial charge >= 0.3 is 0 Å². The van der Waals surface area contributed by atoms with E-state index in [0.29, 0.717) is 29.5 Å². The van der Waals surface area contributed by atoms with Gasteiger partial charge in [0.2, 0.25) is 0 Å². The first kappa shape index (κ1) is 15.4. The maximum absolute atomic E-state index is 12.5. The first-order valence-corrected chi connectivity index (χ1v) is 9.90. The second-order valence-electron chi connectivity index (χ2n) is 6.57. The van der Waals surface area contributed by atoms with Crippen molar-refractivity contribution in [2.75, 3.05) is 16.8 Å². The summed E-state index contributed by atoms with van der Waals surface area (Å²) >= 11 is 0. The molecule has 1 saturated heterocycles. The molecule has 2 aromatic heterocycles. The highest BCUT2D eigenvalue weighted by atomic mass is 32.2. The predicted molar refractivity (Wildman–Crippen MR) is 87.9 cm³/mol. The van der Waals surface area contributed by atoms with Crippen LogP contribution in [0.3, 0.4) is 0 Å². The molecule has 1 amide bonds. The lowest BCUT2D eigenvalue weighted by atomic mass is 10.2. The second-order valence-corrected chi connectivity index (χ2v) is 8.80. The highest BCUT2D eigenvalue weighted by molar-refractivity contribution is 7.91. The van der Waals surface area contributed by atoms with Crippen molar-refractivity contribution in [3.63, 3.8) is 0 Å². The van der Waals surface area contributed by atoms with E-state index in [2.05, 4.69) is 10.4 Å². The molecule has 4 rings (SSSR count). The van der Waals surface area contributed by atoms with Crippen molar-refractivity contribution in [3.05, 3.63) is 35.4 Å². The van der Waals surface area contributed by atoms with Gasteiger partial charge < -0.3 is 9.73 Å². The molecule has 0 aromatic carbocycles. The topological polar surface area (TPSA) is 94.2 Å². The Morgan fingerprint density at radius 1 is 1.38 bits per heavy atom. The van der Waals surface area contributed by atoms with Crippen LogP contribution in [0.15, 0.2) is 22.8 Å². The Balaban J connectivity index is 1.64. The van der Waals surface area contributed by atoms with Crippen molar-refractivity contribution in [1.29, 1.82) is 0 Å². The van der Waals surface area contributed by atoms with Gasteiger partial charge in [-0.2, -0.15) is 5.10 Å². The maximum atomic E-state index is 12.5. The zero-order chi connectivity index (χ0) is 16.9. The number of nitrogens with one attached hydrogen (secondary N) is 1. The van der Waals surface area contributed by atoms with Gasteiger partial charge in [0.15, 0.2) is 9.84 Å². The third-order valence-electron chi connectivity index (χ3n) is 4.65. The molecule has 3 heterocycles. The largest absolute Gasteiger partial charge is 0.469 e. The van der Waals surface area contributed by atoms with Gasteiger partial charge in [-0.25, -0.2) is 13.1 Å². The molecule has 2 fully saturated rings. The number of sulfone groups is 1. The molecule has 0 bridgehead atoms. The molecule has 0 spiro atoms. The number of aromatic nitrogens is 2. The molecular weight excluding hydrogens is 330 g/mol. The summed E-state index contributed by atoms with van der Waals surface area (Å²) in [7, 11) is -3.02. The number of aryl methyl sites for hydroxylation is 1. The van der Waals surface area contributed by atoms with Crippen LogP contribution in [-0.4, -0.2) is 35.6 Å². The van der Waals surface area contributed by atoms with Crippen LogP contribution in [0.5, 0.6) is 0 Å². The van der Waals surface area contributed by atoms with E-state index in [-0.39, 0.29) is 23.5 Å². The Kier molecular flexibility index (Phi) is 3.52. The number of amides is 1. The Labute approximate surface area is 139 Å². The van der Waals surface area contributed by atoms with Crippen LogP contribution in [0.25, 0.3) is 0 Å². The van der Waals surface area contributed by atoms with Crippen LogP contribution in [-0.2, 0) is 9.84 Å². The Hall–Kier alpha value is -2.09. The number of nitrogens with zero attached hydrogens (tertiary/aromatic N) is 2. The van der Waals surface area contributed by atoms with E-state index in [1.807, 2.05) is 6.07 Å². The fraction of sp³-hybridized carbons (Fsp3) is 0.500. The van der Waals surface area contributed by atoms with Crippen molar-refractivity contribution in [2.24, 2.45) is 0 Å². The fourth-order valence-electron chi connectivity index (χ4n) is 3.14. The zero-order valence-electron chi connectivity index (χ0n) is 13.4. The molecule has 1 aliphatic carbocycles. The van der Waals surface area contributed by atoms with Crippen LogP contribution in [0.1, 0.15) is 53.0 Å². The standard InChI is InChI=1S/C16H19N3O4S/c1-10-13(4-6-23-10)16(20)17-15-8-14(11-2-3-11)18-19(15)12-5-7-24(21,22)9-12/h4,6,8,11-12H,2-3,5,7,9H2,1H3,(H,17,20)/t12-/m1/s1. The summed E-state index contributed by atoms with van der Waals surface area (Å²) in [4.78, 5) is 12.5. The lowest BCUT2D eigenvalue weighted by Gasteiger charge is -2.13. The summed E-state index contributed by atoms with van der Waals surface area (Å²) in [5, 5.41) is 7.46. The number of carbonyl (C=O) groups excluding carboxylic acids is 1. The number of anilines is 1. The van der Waals surface area contributed by atoms with E-state index in [0.717, 1.165) is 18.5 Å². The SMILES string of the molecule is Cc1occc1C(=O)Nc1cc(C2CC2)nn1[C@@H]1CCS(=O)(=O)C1. The van der Waals surface area contributed by atoms with E-state index in [1.54, 1.807) is 17.7 Å². The summed E-state index contributed by atoms with van der Waals surface area (Å²) in [5.74, 6) is 1.51. The van der Waals surface area contributed by atoms with Gasteiger partial charge in [-0.1, -0.05) is 0 Å². The van der Waals surface area contributed by atoms with Crippen molar-refractivity contribution >= 4 is 21.6 Å². The van der Waals surface area contributed by atoms with E-state index in [4.69, 9.17) is 4.42 Å². The molecule has 0 radical (unpaired) electrons. The summed E-state index contributed by atoms with van der Waals surface area (Å²) in [6.45, 7) is 1.73. The van der Waals surface area contributed by atoms with E-state index in [9.17, 15) is 13.2 Å². The average molecular weight is 349 g/mol. The molecule has 128 valence electrons. The number of hydrogen-bond donors (Lipinski definition) is 1. The van der Waals surface area contributed by atoms with Gasteiger partial charge in [0, 0.05) is 12.0 Å². The van der Waals surface area contributed by atoms with E-state index < -0.39 is 9.84 Å². The van der Waals surface area contributed by atoms with Gasteiger partial charge in [0.05, 0.1) is 35.1 Å². The minimum Gasteiger partial charge on any atom is -0.469 e. The fourth-order valence-corrected chi connectivity index (χ4v) is 4.83. The summed E-state index contributed by atoms with van der Waals surface area (Å²) in [5.41, 5.74) is 1.40. The Morgan fingerprint density at radius 2 is 2.17 bits per heavy atom. The second kappa shape index (κ2) is 5.47. The molecule has 1 atom stereocenters. The molecule has 2 aromatic rings. The van der Waals surface area contributed by atoms with Crippen LogP contribution >= 0.6 is 0 Å². The monoisotopic (exact) mass is 349 g/mol. The third kappa shape index (κ3) is 2.86. The maximum Gasteiger partial charge on any atom is 0.260 e. The highest BCUT2D eigenvalue weighted by Gasteiger charge is 2.34. The van der Waals surface area contributed by atoms with Gasteiger partial charge in [0.25, 0.3) is 5.91 Å². The molecule has 1 aliphatic heterocycles. The molecule has 0 unspecified atom stereocenters. The van der Waals surface area contributed by atoms with Crippen LogP contribution < -0.4 is 5.32 Å². The zero-order valence-corrected chi connectivity index (χ0v) is 14.2. The van der Waals surface area contributed by atoms with Gasteiger partial charge in [-0.05, 0) is 32.3 Å². The quantitative estimate of drug-likeness (QED) is 0.914. The molecular formula is C16H19N3O4S. The average Bonchev–Trinajstić information content (AvgIpc) is 2.98. The van der Waals surface area contributed by atoms with E-state index in [1.165, 1.54) is 6.26 Å². The Morgan fingerprint density at radius 3 is 2.75 bits per heavy atom. The van der Waals surface area contributed by atoms with Crippen molar-refractivity contribution in [3.8, 4) is 0 Å². The molecule has 7 nitrogen and oxygen atoms in total. The summed E-state index contributed by atoms with van der Waals surface area (Å²) in [6.07, 6.45) is 4.19. The minimum absolute atomic E-state index is 0.0758. The number of hydrogen-bond acceptors (Lipinski definition) is 5. The molecule has 2 aliphatic rings. The van der Waals surface area contributed by atoms with Gasteiger partial charge in [0.1, 0.15) is 11.6 Å². The summed E-state index contributed by atoms with van der Waals surface area (Å²) in [6, 6.07) is 3.27. The van der Waals surface area contributed by atoms with Crippen molar-refractivity contribution < 1.29 is 17.6 Å². The predicted octanol–water partition coefficient (Wildman–Crippen LogP) is 2.27. The molecule has 1 saturated carbocycles. The number of rotatable bonds is 4. The van der Waals surface area contributed by atoms with Crippen molar-refractivity contribution in [1.82, 2.24) is 9.78 Å². The first-order valence-electron chi connectivity index (χ1n) is 8.08. The van der Waals surface area contributed by atoms with Crippen LogP contribution in [0, 0.1) is 6.92 Å².